The lowest BCUT2D eigenvalue weighted by molar-refractivity contribution is -0.130. The molecule has 0 spiro atoms. The lowest BCUT2D eigenvalue weighted by Crippen LogP contribution is -2.54. The summed E-state index contributed by atoms with van der Waals surface area (Å²) in [5.74, 6) is 1.23. The topological polar surface area (TPSA) is 38.1 Å². The van der Waals surface area contributed by atoms with Crippen LogP contribution in [0.3, 0.4) is 0 Å². The summed E-state index contributed by atoms with van der Waals surface area (Å²) in [6.07, 6.45) is 9.91. The number of Topliss-reactive ketones (excluding diaryl/α,β-unsaturated/α-hetero) is 1. The van der Waals surface area contributed by atoms with E-state index in [1.807, 2.05) is 12.4 Å². The van der Waals surface area contributed by atoms with Crippen LogP contribution in [0.1, 0.15) is 58.7 Å². The molecule has 0 aromatic carbocycles. The van der Waals surface area contributed by atoms with E-state index in [2.05, 4.69) is 35.2 Å². The van der Waals surface area contributed by atoms with Gasteiger partial charge in [-0.2, -0.15) is 0 Å². The van der Waals surface area contributed by atoms with Crippen molar-refractivity contribution in [2.24, 2.45) is 0 Å². The molecular weight excluding hydrogens is 262 g/mol. The summed E-state index contributed by atoms with van der Waals surface area (Å²) in [6.45, 7) is 9.45. The van der Waals surface area contributed by atoms with Crippen LogP contribution in [0.4, 0.5) is 0 Å². The minimum Gasteiger partial charge on any atom is -0.335 e. The summed E-state index contributed by atoms with van der Waals surface area (Å²) in [4.78, 5) is 19.7. The fraction of sp³-hybridized carbons (Fsp3) is 0.765. The van der Waals surface area contributed by atoms with Crippen molar-refractivity contribution in [2.45, 2.75) is 71.4 Å². The SMILES string of the molecule is CCCn1ccnc1CC(=O)C(C)(CC)N1CCCCC1. The molecule has 1 aromatic heterocycles. The highest BCUT2D eigenvalue weighted by atomic mass is 16.1. The second-order valence-corrected chi connectivity index (χ2v) is 6.31. The van der Waals surface area contributed by atoms with E-state index in [1.54, 1.807) is 0 Å². The average Bonchev–Trinajstić information content (AvgIpc) is 2.95. The zero-order chi connectivity index (χ0) is 15.3. The van der Waals surface area contributed by atoms with Crippen LogP contribution >= 0.6 is 0 Å². The quantitative estimate of drug-likeness (QED) is 0.775. The van der Waals surface area contributed by atoms with Gasteiger partial charge in [0.05, 0.1) is 12.0 Å². The van der Waals surface area contributed by atoms with Gasteiger partial charge in [0.1, 0.15) is 5.82 Å². The molecular formula is C17H29N3O. The Morgan fingerprint density at radius 3 is 2.62 bits per heavy atom. The maximum atomic E-state index is 12.9. The Bertz CT molecular complexity index is 462. The van der Waals surface area contributed by atoms with E-state index in [4.69, 9.17) is 0 Å². The Kier molecular flexibility index (Phi) is 5.57. The van der Waals surface area contributed by atoms with Gasteiger partial charge < -0.3 is 4.57 Å². The zero-order valence-electron chi connectivity index (χ0n) is 13.8. The number of likely N-dealkylation sites (tertiary alicyclic amines) is 1. The molecule has 1 fully saturated rings. The number of hydrogen-bond donors (Lipinski definition) is 0. The zero-order valence-corrected chi connectivity index (χ0v) is 13.8. The van der Waals surface area contributed by atoms with E-state index in [9.17, 15) is 4.79 Å². The van der Waals surface area contributed by atoms with Crippen LogP contribution in [0.2, 0.25) is 0 Å². The Balaban J connectivity index is 2.10. The molecule has 4 heteroatoms. The van der Waals surface area contributed by atoms with Crippen molar-refractivity contribution in [3.05, 3.63) is 18.2 Å². The van der Waals surface area contributed by atoms with Crippen molar-refractivity contribution in [1.29, 1.82) is 0 Å². The van der Waals surface area contributed by atoms with Gasteiger partial charge in [0.2, 0.25) is 0 Å². The van der Waals surface area contributed by atoms with Crippen molar-refractivity contribution in [3.63, 3.8) is 0 Å². The Hall–Kier alpha value is -1.16. The van der Waals surface area contributed by atoms with E-state index in [0.717, 1.165) is 38.3 Å². The minimum absolute atomic E-state index is 0.315. The Morgan fingerprint density at radius 2 is 2.00 bits per heavy atom. The van der Waals surface area contributed by atoms with Crippen LogP contribution in [0, 0.1) is 0 Å². The van der Waals surface area contributed by atoms with E-state index in [-0.39, 0.29) is 5.54 Å². The molecule has 1 unspecified atom stereocenters. The first-order valence-electron chi connectivity index (χ1n) is 8.40. The molecule has 0 N–H and O–H groups in total. The van der Waals surface area contributed by atoms with Crippen molar-refractivity contribution in [3.8, 4) is 0 Å². The summed E-state index contributed by atoms with van der Waals surface area (Å²) in [5, 5.41) is 0. The highest BCUT2D eigenvalue weighted by Crippen LogP contribution is 2.26. The fourth-order valence-electron chi connectivity index (χ4n) is 3.27. The normalized spacial score (nSPS) is 19.4. The summed E-state index contributed by atoms with van der Waals surface area (Å²) < 4.78 is 2.12. The van der Waals surface area contributed by atoms with Crippen LogP contribution in [0.25, 0.3) is 0 Å². The number of rotatable bonds is 7. The van der Waals surface area contributed by atoms with Crippen molar-refractivity contribution < 1.29 is 4.79 Å². The second kappa shape index (κ2) is 7.21. The first-order valence-corrected chi connectivity index (χ1v) is 8.40. The van der Waals surface area contributed by atoms with E-state index in [1.165, 1.54) is 19.3 Å². The molecule has 118 valence electrons. The maximum Gasteiger partial charge on any atom is 0.160 e. The van der Waals surface area contributed by atoms with Gasteiger partial charge in [0.25, 0.3) is 0 Å². The molecule has 2 heterocycles. The molecule has 0 aliphatic carbocycles. The maximum absolute atomic E-state index is 12.9. The third kappa shape index (κ3) is 3.54. The van der Waals surface area contributed by atoms with Gasteiger partial charge >= 0.3 is 0 Å². The first-order chi connectivity index (χ1) is 10.1. The summed E-state index contributed by atoms with van der Waals surface area (Å²) in [5.41, 5.74) is -0.330. The van der Waals surface area contributed by atoms with Crippen molar-refractivity contribution >= 4 is 5.78 Å². The number of carbonyl (C=O) groups excluding carboxylic acids is 1. The van der Waals surface area contributed by atoms with Gasteiger partial charge in [-0.3, -0.25) is 9.69 Å². The number of hydrogen-bond acceptors (Lipinski definition) is 3. The van der Waals surface area contributed by atoms with Gasteiger partial charge in [0, 0.05) is 18.9 Å². The van der Waals surface area contributed by atoms with Crippen LogP contribution in [0.5, 0.6) is 0 Å². The molecule has 4 nitrogen and oxygen atoms in total. The van der Waals surface area contributed by atoms with Crippen molar-refractivity contribution in [2.75, 3.05) is 13.1 Å². The van der Waals surface area contributed by atoms with Gasteiger partial charge in [-0.1, -0.05) is 20.3 Å². The molecule has 1 aliphatic rings. The predicted molar refractivity (Wildman–Crippen MR) is 85.3 cm³/mol. The number of piperidine rings is 1. The average molecular weight is 291 g/mol. The lowest BCUT2D eigenvalue weighted by atomic mass is 9.87. The van der Waals surface area contributed by atoms with E-state index < -0.39 is 0 Å². The highest BCUT2D eigenvalue weighted by Gasteiger charge is 2.38. The largest absolute Gasteiger partial charge is 0.335 e. The first kappa shape index (κ1) is 16.2. The minimum atomic E-state index is -0.330. The molecule has 1 aromatic rings. The van der Waals surface area contributed by atoms with Gasteiger partial charge in [-0.05, 0) is 45.7 Å². The molecule has 1 saturated heterocycles. The third-order valence-electron chi connectivity index (χ3n) is 4.93. The molecule has 1 atom stereocenters. The third-order valence-corrected chi connectivity index (χ3v) is 4.93. The summed E-state index contributed by atoms with van der Waals surface area (Å²) in [6, 6.07) is 0. The van der Waals surface area contributed by atoms with Gasteiger partial charge in [-0.15, -0.1) is 0 Å². The van der Waals surface area contributed by atoms with Crippen LogP contribution in [-0.4, -0.2) is 38.9 Å². The monoisotopic (exact) mass is 291 g/mol. The number of carbonyl (C=O) groups is 1. The number of imidazole rings is 1. The molecule has 21 heavy (non-hydrogen) atoms. The standard InChI is InChI=1S/C17H29N3O/c1-4-10-19-13-9-18-16(19)14-15(21)17(3,5-2)20-11-7-6-8-12-20/h9,13H,4-8,10-12,14H2,1-3H3. The molecule has 0 saturated carbocycles. The van der Waals surface area contributed by atoms with E-state index >= 15 is 0 Å². The van der Waals surface area contributed by atoms with Gasteiger partial charge in [0.15, 0.2) is 5.78 Å². The lowest BCUT2D eigenvalue weighted by Gasteiger charge is -2.41. The second-order valence-electron chi connectivity index (χ2n) is 6.31. The number of aryl methyl sites for hydroxylation is 1. The fourth-order valence-corrected chi connectivity index (χ4v) is 3.27. The smallest absolute Gasteiger partial charge is 0.160 e. The molecule has 2 rings (SSSR count). The van der Waals surface area contributed by atoms with Crippen LogP contribution < -0.4 is 0 Å². The number of nitrogens with zero attached hydrogens (tertiary/aromatic N) is 3. The van der Waals surface area contributed by atoms with E-state index in [0.29, 0.717) is 12.2 Å². The predicted octanol–water partition coefficient (Wildman–Crippen LogP) is 3.06. The number of ketones is 1. The molecule has 0 bridgehead atoms. The van der Waals surface area contributed by atoms with Crippen LogP contribution in [-0.2, 0) is 17.8 Å². The molecule has 1 aliphatic heterocycles. The molecule has 0 radical (unpaired) electrons. The molecule has 0 amide bonds. The van der Waals surface area contributed by atoms with Crippen molar-refractivity contribution in [1.82, 2.24) is 14.5 Å². The Morgan fingerprint density at radius 1 is 1.29 bits per heavy atom. The van der Waals surface area contributed by atoms with Crippen LogP contribution in [0.15, 0.2) is 12.4 Å². The summed E-state index contributed by atoms with van der Waals surface area (Å²) >= 11 is 0. The summed E-state index contributed by atoms with van der Waals surface area (Å²) in [7, 11) is 0. The highest BCUT2D eigenvalue weighted by molar-refractivity contribution is 5.89. The number of aromatic nitrogens is 2. The Labute approximate surface area is 128 Å². The van der Waals surface area contributed by atoms with Gasteiger partial charge in [-0.25, -0.2) is 4.98 Å².